The van der Waals surface area contributed by atoms with Gasteiger partial charge in [-0.25, -0.2) is 32.4 Å². The molecule has 0 aliphatic carbocycles. The monoisotopic (exact) mass is 574 g/mol. The van der Waals surface area contributed by atoms with Crippen LogP contribution in [0, 0.1) is 0 Å². The molecule has 0 saturated carbocycles. The van der Waals surface area contributed by atoms with Gasteiger partial charge in [0.1, 0.15) is 18.4 Å². The molecule has 216 valence electrons. The van der Waals surface area contributed by atoms with Crippen molar-refractivity contribution in [3.05, 3.63) is 33.1 Å². The van der Waals surface area contributed by atoms with Crippen LogP contribution in [0.1, 0.15) is 27.0 Å². The normalized spacial score (nSPS) is 25.1. The van der Waals surface area contributed by atoms with Gasteiger partial charge in [0.05, 0.1) is 19.8 Å². The maximum Gasteiger partial charge on any atom is 0.510 e. The molecule has 1 fully saturated rings. The quantitative estimate of drug-likeness (QED) is 0.164. The first-order valence-electron chi connectivity index (χ1n) is 10.9. The van der Waals surface area contributed by atoms with Crippen LogP contribution in [0.15, 0.2) is 21.9 Å². The highest BCUT2D eigenvalue weighted by atomic mass is 31.2. The molecule has 1 aromatic rings. The van der Waals surface area contributed by atoms with E-state index in [1.54, 1.807) is 0 Å². The van der Waals surface area contributed by atoms with Crippen molar-refractivity contribution in [1.82, 2.24) is 9.55 Å². The molecule has 0 aromatic carbocycles. The zero-order valence-electron chi connectivity index (χ0n) is 20.5. The standard InChI is InChI=1S/C19H28FN2O15P/c1-4-30-16(26)32-10-35-38(29,36-11-33-17(27)31-5-2)34-9-19(8-20)13(24)18(3,28)14(37-19)22-7-6-12(23)21-15(22)25/h6-7,13-14,24,28H,4-5,8-11H2,1-3H3,(H,21,23,25)/t13-,14?,18+,19+/m0/s1. The first-order chi connectivity index (χ1) is 17.8. The molecule has 38 heavy (non-hydrogen) atoms. The second kappa shape index (κ2) is 13.3. The average molecular weight is 574 g/mol. The van der Waals surface area contributed by atoms with Gasteiger partial charge in [0.2, 0.25) is 13.6 Å². The summed E-state index contributed by atoms with van der Waals surface area (Å²) in [5, 5.41) is 21.6. The third-order valence-corrected chi connectivity index (χ3v) is 6.28. The third-order valence-electron chi connectivity index (χ3n) is 4.99. The number of hydrogen-bond acceptors (Lipinski definition) is 15. The molecule has 1 saturated heterocycles. The summed E-state index contributed by atoms with van der Waals surface area (Å²) in [4.78, 5) is 48.2. The Morgan fingerprint density at radius 1 is 1.11 bits per heavy atom. The van der Waals surface area contributed by atoms with Crippen molar-refractivity contribution in [2.24, 2.45) is 0 Å². The fraction of sp³-hybridized carbons (Fsp3) is 0.684. The van der Waals surface area contributed by atoms with E-state index in [1.165, 1.54) is 13.8 Å². The van der Waals surface area contributed by atoms with E-state index in [-0.39, 0.29) is 13.2 Å². The number of aliphatic hydroxyl groups is 2. The molecule has 1 aliphatic rings. The second-order valence-electron chi connectivity index (χ2n) is 7.68. The van der Waals surface area contributed by atoms with Gasteiger partial charge in [-0.15, -0.1) is 0 Å². The number of ether oxygens (including phenoxy) is 5. The van der Waals surface area contributed by atoms with E-state index in [1.807, 2.05) is 4.98 Å². The van der Waals surface area contributed by atoms with Crippen molar-refractivity contribution in [2.45, 2.75) is 44.3 Å². The van der Waals surface area contributed by atoms with Crippen molar-refractivity contribution in [3.63, 3.8) is 0 Å². The van der Waals surface area contributed by atoms with Crippen molar-refractivity contribution in [3.8, 4) is 0 Å². The number of carbonyl (C=O) groups excluding carboxylic acids is 2. The second-order valence-corrected chi connectivity index (χ2v) is 9.35. The molecular weight excluding hydrogens is 546 g/mol. The highest BCUT2D eigenvalue weighted by Gasteiger charge is 2.63. The molecule has 4 atom stereocenters. The number of H-pyrrole nitrogens is 1. The number of aromatic nitrogens is 2. The Balaban J connectivity index is 2.23. The molecule has 1 aromatic heterocycles. The van der Waals surface area contributed by atoms with Gasteiger partial charge in [0.15, 0.2) is 11.8 Å². The van der Waals surface area contributed by atoms with Crippen LogP contribution in [-0.2, 0) is 41.8 Å². The van der Waals surface area contributed by atoms with E-state index in [4.69, 9.17) is 18.3 Å². The van der Waals surface area contributed by atoms with E-state index >= 15 is 0 Å². The van der Waals surface area contributed by atoms with Gasteiger partial charge in [-0.1, -0.05) is 0 Å². The smallest absolute Gasteiger partial charge is 0.435 e. The number of aliphatic hydroxyl groups excluding tert-OH is 1. The summed E-state index contributed by atoms with van der Waals surface area (Å²) in [5.41, 5.74) is -6.62. The minimum atomic E-state index is -4.87. The lowest BCUT2D eigenvalue weighted by Crippen LogP contribution is -2.53. The molecule has 0 radical (unpaired) electrons. The molecule has 1 unspecified atom stereocenters. The van der Waals surface area contributed by atoms with E-state index in [9.17, 15) is 38.3 Å². The van der Waals surface area contributed by atoms with Gasteiger partial charge in [0.25, 0.3) is 5.56 Å². The number of hydrogen-bond donors (Lipinski definition) is 3. The molecule has 1 aliphatic heterocycles. The molecule has 0 amide bonds. The molecule has 17 nitrogen and oxygen atoms in total. The number of phosphoric ester groups is 1. The zero-order chi connectivity index (χ0) is 28.6. The van der Waals surface area contributed by atoms with Crippen LogP contribution in [0.2, 0.25) is 0 Å². The Labute approximate surface area is 213 Å². The summed E-state index contributed by atoms with van der Waals surface area (Å²) in [7, 11) is -4.87. The van der Waals surface area contributed by atoms with Crippen LogP contribution in [0.3, 0.4) is 0 Å². The van der Waals surface area contributed by atoms with Gasteiger partial charge in [-0.2, -0.15) is 0 Å². The summed E-state index contributed by atoms with van der Waals surface area (Å²) >= 11 is 0. The Morgan fingerprint density at radius 3 is 2.13 bits per heavy atom. The van der Waals surface area contributed by atoms with Crippen LogP contribution in [0.4, 0.5) is 14.0 Å². The average Bonchev–Trinajstić information content (AvgIpc) is 3.04. The number of carbonyl (C=O) groups is 2. The first kappa shape index (κ1) is 31.4. The summed E-state index contributed by atoms with van der Waals surface area (Å²) in [5.74, 6) is 0. The maximum atomic E-state index is 14.3. The van der Waals surface area contributed by atoms with Gasteiger partial charge >= 0.3 is 25.8 Å². The van der Waals surface area contributed by atoms with Crippen LogP contribution < -0.4 is 11.2 Å². The highest BCUT2D eigenvalue weighted by Crippen LogP contribution is 2.52. The van der Waals surface area contributed by atoms with E-state index in [0.29, 0.717) is 4.57 Å². The fourth-order valence-corrected chi connectivity index (χ4v) is 4.14. The molecule has 2 rings (SSSR count). The topological polar surface area (TPSA) is 220 Å². The highest BCUT2D eigenvalue weighted by molar-refractivity contribution is 7.48. The lowest BCUT2D eigenvalue weighted by molar-refractivity contribution is -0.141. The molecular formula is C19H28FN2O15P. The maximum absolute atomic E-state index is 14.3. The number of phosphoric acid groups is 1. The predicted octanol–water partition coefficient (Wildman–Crippen LogP) is 0.305. The zero-order valence-corrected chi connectivity index (χ0v) is 21.4. The molecule has 3 N–H and O–H groups in total. The van der Waals surface area contributed by atoms with Gasteiger partial charge < -0.3 is 33.9 Å². The summed E-state index contributed by atoms with van der Waals surface area (Å²) in [6, 6.07) is 0.919. The van der Waals surface area contributed by atoms with E-state index in [2.05, 4.69) is 18.9 Å². The number of halogens is 1. The minimum Gasteiger partial charge on any atom is -0.435 e. The Bertz CT molecular complexity index is 1100. The van der Waals surface area contributed by atoms with Gasteiger partial charge in [-0.3, -0.25) is 18.9 Å². The van der Waals surface area contributed by atoms with Crippen LogP contribution in [-0.4, -0.2) is 89.5 Å². The van der Waals surface area contributed by atoms with Crippen LogP contribution >= 0.6 is 7.82 Å². The van der Waals surface area contributed by atoms with Crippen molar-refractivity contribution in [2.75, 3.05) is 40.1 Å². The first-order valence-corrected chi connectivity index (χ1v) is 12.4. The summed E-state index contributed by atoms with van der Waals surface area (Å²) in [6.07, 6.45) is -5.33. The number of alkyl halides is 1. The predicted molar refractivity (Wildman–Crippen MR) is 118 cm³/mol. The Hall–Kier alpha value is -2.86. The minimum absolute atomic E-state index is 0.0510. The van der Waals surface area contributed by atoms with E-state index < -0.39 is 81.8 Å². The Kier molecular flexibility index (Phi) is 11.0. The lowest BCUT2D eigenvalue weighted by atomic mass is 9.88. The molecule has 19 heteroatoms. The largest absolute Gasteiger partial charge is 0.510 e. The van der Waals surface area contributed by atoms with Crippen molar-refractivity contribution >= 4 is 20.1 Å². The molecule has 2 heterocycles. The summed E-state index contributed by atoms with van der Waals surface area (Å²) < 4.78 is 66.2. The third kappa shape index (κ3) is 7.59. The number of rotatable bonds is 13. The van der Waals surface area contributed by atoms with Crippen molar-refractivity contribution in [1.29, 1.82) is 0 Å². The number of aromatic amines is 1. The van der Waals surface area contributed by atoms with Crippen LogP contribution in [0.25, 0.3) is 0 Å². The molecule has 0 spiro atoms. The lowest BCUT2D eigenvalue weighted by Gasteiger charge is -2.31. The fourth-order valence-electron chi connectivity index (χ4n) is 3.18. The van der Waals surface area contributed by atoms with Crippen LogP contribution in [0.5, 0.6) is 0 Å². The molecule has 0 bridgehead atoms. The van der Waals surface area contributed by atoms with Gasteiger partial charge in [-0.05, 0) is 20.8 Å². The van der Waals surface area contributed by atoms with Gasteiger partial charge in [0, 0.05) is 12.3 Å². The Morgan fingerprint density at radius 2 is 1.66 bits per heavy atom. The number of nitrogens with zero attached hydrogens (tertiary/aromatic N) is 1. The number of nitrogens with one attached hydrogen (secondary N) is 1. The van der Waals surface area contributed by atoms with E-state index in [0.717, 1.165) is 19.2 Å². The SMILES string of the molecule is CCOC(=O)OCOP(=O)(OCOC(=O)OCC)OC[C@@]1(CF)OC(n2ccc(=O)[nH]c2=O)[C@](C)(O)[C@@H]1O. The van der Waals surface area contributed by atoms with Crippen molar-refractivity contribution < 1.29 is 66.0 Å². The summed E-state index contributed by atoms with van der Waals surface area (Å²) in [6.45, 7) is -0.927.